The summed E-state index contributed by atoms with van der Waals surface area (Å²) in [4.78, 5) is 14.0. The van der Waals surface area contributed by atoms with Gasteiger partial charge in [-0.05, 0) is 25.7 Å². The molecule has 2 N–H and O–H groups in total. The van der Waals surface area contributed by atoms with Crippen LogP contribution in [0.25, 0.3) is 0 Å². The van der Waals surface area contributed by atoms with E-state index in [4.69, 9.17) is 0 Å². The van der Waals surface area contributed by atoms with Crippen LogP contribution in [0.2, 0.25) is 0 Å². The predicted octanol–water partition coefficient (Wildman–Crippen LogP) is 1.36. The van der Waals surface area contributed by atoms with Gasteiger partial charge in [0.25, 0.3) is 0 Å². The van der Waals surface area contributed by atoms with Gasteiger partial charge in [-0.25, -0.2) is 0 Å². The lowest BCUT2D eigenvalue weighted by molar-refractivity contribution is -0.133. The highest BCUT2D eigenvalue weighted by molar-refractivity contribution is 5.88. The van der Waals surface area contributed by atoms with E-state index < -0.39 is 5.60 Å². The number of aromatic nitrogens is 3. The highest BCUT2D eigenvalue weighted by atomic mass is 16.3. The number of likely N-dealkylation sites (tertiary alicyclic amines) is 1. The number of aliphatic hydroxyl groups is 1. The molecule has 1 amide bonds. The van der Waals surface area contributed by atoms with Crippen LogP contribution >= 0.6 is 0 Å². The Morgan fingerprint density at radius 3 is 2.90 bits per heavy atom. The Morgan fingerprint density at radius 2 is 2.30 bits per heavy atom. The third kappa shape index (κ3) is 3.07. The summed E-state index contributed by atoms with van der Waals surface area (Å²) < 4.78 is 0. The maximum absolute atomic E-state index is 12.3. The molecular weight excluding hydrogens is 256 g/mol. The number of nitrogens with zero attached hydrogens (tertiary/aromatic N) is 3. The van der Waals surface area contributed by atoms with Crippen LogP contribution in [0.15, 0.2) is 17.8 Å². The van der Waals surface area contributed by atoms with Gasteiger partial charge in [0.2, 0.25) is 5.91 Å². The van der Waals surface area contributed by atoms with E-state index in [1.54, 1.807) is 11.0 Å². The SMILES string of the molecule is CCC(=CC(=O)N1CCCC(O)(c2cn[nH]n2)C1)CC. The molecular formula is C14H22N4O2. The second-order valence-electron chi connectivity index (χ2n) is 5.26. The van der Waals surface area contributed by atoms with Gasteiger partial charge >= 0.3 is 0 Å². The van der Waals surface area contributed by atoms with Crippen LogP contribution < -0.4 is 0 Å². The minimum Gasteiger partial charge on any atom is -0.382 e. The average molecular weight is 278 g/mol. The maximum Gasteiger partial charge on any atom is 0.246 e. The summed E-state index contributed by atoms with van der Waals surface area (Å²) in [5.41, 5.74) is 0.545. The van der Waals surface area contributed by atoms with E-state index >= 15 is 0 Å². The molecule has 1 unspecified atom stereocenters. The molecule has 0 bridgehead atoms. The van der Waals surface area contributed by atoms with Crippen LogP contribution in [-0.2, 0) is 10.4 Å². The first-order chi connectivity index (χ1) is 9.59. The Bertz CT molecular complexity index is 477. The predicted molar refractivity (Wildman–Crippen MR) is 74.8 cm³/mol. The van der Waals surface area contributed by atoms with Gasteiger partial charge in [0.05, 0.1) is 12.7 Å². The van der Waals surface area contributed by atoms with Crippen molar-refractivity contribution in [1.82, 2.24) is 20.3 Å². The topological polar surface area (TPSA) is 82.1 Å². The van der Waals surface area contributed by atoms with E-state index in [1.165, 1.54) is 6.20 Å². The van der Waals surface area contributed by atoms with Crippen molar-refractivity contribution in [3.05, 3.63) is 23.5 Å². The van der Waals surface area contributed by atoms with Gasteiger partial charge in [-0.3, -0.25) is 4.79 Å². The van der Waals surface area contributed by atoms with Crippen LogP contribution in [-0.4, -0.2) is 44.4 Å². The number of carbonyl (C=O) groups excluding carboxylic acids is 1. The van der Waals surface area contributed by atoms with E-state index in [1.807, 2.05) is 13.8 Å². The minimum absolute atomic E-state index is 0.0229. The van der Waals surface area contributed by atoms with Gasteiger partial charge in [0.1, 0.15) is 11.3 Å². The smallest absolute Gasteiger partial charge is 0.246 e. The fourth-order valence-corrected chi connectivity index (χ4v) is 2.58. The van der Waals surface area contributed by atoms with Crippen LogP contribution in [0.4, 0.5) is 0 Å². The minimum atomic E-state index is -1.09. The lowest BCUT2D eigenvalue weighted by atomic mass is 9.90. The summed E-state index contributed by atoms with van der Waals surface area (Å²) in [6.45, 7) is 5.04. The van der Waals surface area contributed by atoms with Gasteiger partial charge in [0, 0.05) is 12.6 Å². The van der Waals surface area contributed by atoms with Crippen LogP contribution in [0.1, 0.15) is 45.2 Å². The molecule has 2 heterocycles. The number of nitrogens with one attached hydrogen (secondary N) is 1. The van der Waals surface area contributed by atoms with Crippen molar-refractivity contribution in [3.8, 4) is 0 Å². The van der Waals surface area contributed by atoms with E-state index in [2.05, 4.69) is 15.4 Å². The zero-order chi connectivity index (χ0) is 14.6. The Kier molecular flexibility index (Phi) is 4.54. The Hall–Kier alpha value is -1.69. The molecule has 0 saturated carbocycles. The fourth-order valence-electron chi connectivity index (χ4n) is 2.58. The highest BCUT2D eigenvalue weighted by Crippen LogP contribution is 2.29. The van der Waals surface area contributed by atoms with Crippen molar-refractivity contribution in [3.63, 3.8) is 0 Å². The fraction of sp³-hybridized carbons (Fsp3) is 0.643. The van der Waals surface area contributed by atoms with Gasteiger partial charge < -0.3 is 10.0 Å². The summed E-state index contributed by atoms with van der Waals surface area (Å²) in [6.07, 6.45) is 6.34. The second-order valence-corrected chi connectivity index (χ2v) is 5.26. The van der Waals surface area contributed by atoms with Crippen molar-refractivity contribution < 1.29 is 9.90 Å². The lowest BCUT2D eigenvalue weighted by Crippen LogP contribution is -2.48. The molecule has 1 atom stereocenters. The normalized spacial score (nSPS) is 22.6. The molecule has 6 nitrogen and oxygen atoms in total. The maximum atomic E-state index is 12.3. The molecule has 1 saturated heterocycles. The van der Waals surface area contributed by atoms with Crippen molar-refractivity contribution >= 4 is 5.91 Å². The summed E-state index contributed by atoms with van der Waals surface area (Å²) in [5.74, 6) is -0.0229. The monoisotopic (exact) mass is 278 g/mol. The molecule has 1 fully saturated rings. The van der Waals surface area contributed by atoms with Crippen molar-refractivity contribution in [1.29, 1.82) is 0 Å². The largest absolute Gasteiger partial charge is 0.382 e. The molecule has 1 aromatic rings. The Balaban J connectivity index is 2.11. The quantitative estimate of drug-likeness (QED) is 0.815. The molecule has 110 valence electrons. The van der Waals surface area contributed by atoms with Gasteiger partial charge in [-0.15, -0.1) is 0 Å². The van der Waals surface area contributed by atoms with Crippen molar-refractivity contribution in [2.45, 2.75) is 45.1 Å². The van der Waals surface area contributed by atoms with Gasteiger partial charge in [-0.1, -0.05) is 19.4 Å². The van der Waals surface area contributed by atoms with E-state index in [9.17, 15) is 9.90 Å². The number of β-amino-alcohol motifs (C(OH)–C–C–N with tert-alkyl or cyclic N) is 1. The number of amides is 1. The summed E-state index contributed by atoms with van der Waals surface area (Å²) >= 11 is 0. The summed E-state index contributed by atoms with van der Waals surface area (Å²) in [6, 6.07) is 0. The number of aromatic amines is 1. The number of rotatable bonds is 4. The number of H-pyrrole nitrogens is 1. The Morgan fingerprint density at radius 1 is 1.55 bits per heavy atom. The first-order valence-corrected chi connectivity index (χ1v) is 7.16. The molecule has 20 heavy (non-hydrogen) atoms. The van der Waals surface area contributed by atoms with Gasteiger partial charge in [-0.2, -0.15) is 15.4 Å². The molecule has 1 aliphatic rings. The van der Waals surface area contributed by atoms with Crippen LogP contribution in [0.3, 0.4) is 0 Å². The first kappa shape index (κ1) is 14.7. The lowest BCUT2D eigenvalue weighted by Gasteiger charge is -2.37. The third-order valence-electron chi connectivity index (χ3n) is 3.91. The first-order valence-electron chi connectivity index (χ1n) is 7.16. The standard InChI is InChI=1S/C14H22N4O2/c1-3-11(4-2)8-13(19)18-7-5-6-14(20,10-18)12-9-15-17-16-12/h8-9,20H,3-7,10H2,1-2H3,(H,15,16,17). The Labute approximate surface area is 118 Å². The summed E-state index contributed by atoms with van der Waals surface area (Å²) in [7, 11) is 0. The van der Waals surface area contributed by atoms with Crippen LogP contribution in [0, 0.1) is 0 Å². The molecule has 0 spiro atoms. The number of piperidine rings is 1. The zero-order valence-corrected chi connectivity index (χ0v) is 12.1. The number of allylic oxidation sites excluding steroid dienone is 1. The molecule has 2 rings (SSSR count). The molecule has 0 aromatic carbocycles. The van der Waals surface area contributed by atoms with Gasteiger partial charge in [0.15, 0.2) is 0 Å². The summed E-state index contributed by atoms with van der Waals surface area (Å²) in [5, 5.41) is 20.9. The third-order valence-corrected chi connectivity index (χ3v) is 3.91. The molecule has 1 aliphatic heterocycles. The van der Waals surface area contributed by atoms with Crippen molar-refractivity contribution in [2.75, 3.05) is 13.1 Å². The van der Waals surface area contributed by atoms with E-state index in [0.717, 1.165) is 24.8 Å². The molecule has 0 aliphatic carbocycles. The van der Waals surface area contributed by atoms with E-state index in [-0.39, 0.29) is 12.5 Å². The van der Waals surface area contributed by atoms with Crippen molar-refractivity contribution in [2.24, 2.45) is 0 Å². The van der Waals surface area contributed by atoms with E-state index in [0.29, 0.717) is 18.7 Å². The molecule has 1 aromatic heterocycles. The number of hydrogen-bond acceptors (Lipinski definition) is 4. The highest BCUT2D eigenvalue weighted by Gasteiger charge is 2.38. The number of hydrogen-bond donors (Lipinski definition) is 2. The molecule has 6 heteroatoms. The number of carbonyl (C=O) groups is 1. The zero-order valence-electron chi connectivity index (χ0n) is 12.1. The second kappa shape index (κ2) is 6.17. The average Bonchev–Trinajstić information content (AvgIpc) is 2.99. The molecule has 0 radical (unpaired) electrons. The van der Waals surface area contributed by atoms with Crippen LogP contribution in [0.5, 0.6) is 0 Å².